The maximum Gasteiger partial charge on any atom is 0.255 e. The van der Waals surface area contributed by atoms with Crippen molar-refractivity contribution in [1.29, 1.82) is 0 Å². The van der Waals surface area contributed by atoms with Gasteiger partial charge in [-0.25, -0.2) is 15.0 Å². The highest BCUT2D eigenvalue weighted by molar-refractivity contribution is 14.1. The van der Waals surface area contributed by atoms with Crippen molar-refractivity contribution >= 4 is 46.0 Å². The lowest BCUT2D eigenvalue weighted by Gasteiger charge is -2.35. The topological polar surface area (TPSA) is 74.2 Å². The molecule has 7 nitrogen and oxygen atoms in total. The first kappa shape index (κ1) is 18.6. The van der Waals surface area contributed by atoms with Gasteiger partial charge in [-0.1, -0.05) is 6.07 Å². The van der Waals surface area contributed by atoms with Gasteiger partial charge in [0.05, 0.1) is 18.1 Å². The third kappa shape index (κ3) is 4.38. The van der Waals surface area contributed by atoms with Crippen LogP contribution in [0.25, 0.3) is 0 Å². The molecule has 1 aromatic carbocycles. The van der Waals surface area contributed by atoms with Crippen LogP contribution in [0, 0.1) is 3.57 Å². The minimum Gasteiger partial charge on any atom is -0.353 e. The van der Waals surface area contributed by atoms with E-state index in [9.17, 15) is 4.79 Å². The summed E-state index contributed by atoms with van der Waals surface area (Å²) >= 11 is 2.21. The number of piperazine rings is 1. The quantitative estimate of drug-likeness (QED) is 0.572. The van der Waals surface area contributed by atoms with Gasteiger partial charge in [-0.2, -0.15) is 0 Å². The molecule has 4 rings (SSSR count). The van der Waals surface area contributed by atoms with E-state index < -0.39 is 0 Å². The van der Waals surface area contributed by atoms with Crippen LogP contribution in [0.2, 0.25) is 0 Å². The molecule has 1 aliphatic heterocycles. The van der Waals surface area contributed by atoms with Crippen molar-refractivity contribution in [3.05, 3.63) is 70.2 Å². The zero-order chi connectivity index (χ0) is 19.3. The third-order valence-corrected chi connectivity index (χ3v) is 5.26. The molecular formula is C20H19IN6O. The summed E-state index contributed by atoms with van der Waals surface area (Å²) in [5.74, 6) is 1.50. The average Bonchev–Trinajstić information content (AvgIpc) is 2.75. The van der Waals surface area contributed by atoms with Crippen molar-refractivity contribution in [3.8, 4) is 0 Å². The fourth-order valence-corrected chi connectivity index (χ4v) is 3.39. The van der Waals surface area contributed by atoms with Gasteiger partial charge in [-0.3, -0.25) is 4.79 Å². The van der Waals surface area contributed by atoms with Gasteiger partial charge in [-0.05, 0) is 59.0 Å². The van der Waals surface area contributed by atoms with Crippen LogP contribution >= 0.6 is 22.6 Å². The number of nitrogens with one attached hydrogen (secondary N) is 1. The average molecular weight is 486 g/mol. The van der Waals surface area contributed by atoms with Gasteiger partial charge in [0.15, 0.2) is 0 Å². The number of nitrogens with zero attached hydrogens (tertiary/aromatic N) is 5. The van der Waals surface area contributed by atoms with Gasteiger partial charge in [0.25, 0.3) is 5.91 Å². The van der Waals surface area contributed by atoms with Gasteiger partial charge >= 0.3 is 0 Å². The fourth-order valence-electron chi connectivity index (χ4n) is 3.03. The Hall–Kier alpha value is -2.75. The van der Waals surface area contributed by atoms with Crippen molar-refractivity contribution in [2.75, 3.05) is 41.3 Å². The molecule has 0 radical (unpaired) electrons. The number of amides is 1. The van der Waals surface area contributed by atoms with E-state index in [2.05, 4.69) is 52.7 Å². The molecule has 0 aliphatic carbocycles. The number of rotatable bonds is 4. The van der Waals surface area contributed by atoms with E-state index in [0.29, 0.717) is 17.2 Å². The van der Waals surface area contributed by atoms with Crippen LogP contribution in [0.5, 0.6) is 0 Å². The Bertz CT molecular complexity index is 925. The lowest BCUT2D eigenvalue weighted by molar-refractivity contribution is 0.102. The van der Waals surface area contributed by atoms with E-state index in [1.54, 1.807) is 24.5 Å². The van der Waals surface area contributed by atoms with Crippen molar-refractivity contribution in [2.45, 2.75) is 0 Å². The molecule has 2 aromatic heterocycles. The Labute approximate surface area is 177 Å². The van der Waals surface area contributed by atoms with Crippen LogP contribution in [-0.2, 0) is 0 Å². The standard InChI is InChI=1S/C20H19IN6O/c21-16-6-4-15(5-7-16)19(28)25-17-13-23-20(24-14-17)27-11-9-26(10-12-27)18-3-1-2-8-22-18/h1-8,13-14H,9-12H2,(H,25,28). The smallest absolute Gasteiger partial charge is 0.255 e. The minimum absolute atomic E-state index is 0.170. The molecule has 1 saturated heterocycles. The van der Waals surface area contributed by atoms with Gasteiger partial charge < -0.3 is 15.1 Å². The summed E-state index contributed by atoms with van der Waals surface area (Å²) < 4.78 is 1.09. The summed E-state index contributed by atoms with van der Waals surface area (Å²) in [4.78, 5) is 29.9. The maximum absolute atomic E-state index is 12.3. The first-order valence-corrected chi connectivity index (χ1v) is 10.1. The molecule has 0 bridgehead atoms. The monoisotopic (exact) mass is 486 g/mol. The highest BCUT2D eigenvalue weighted by Crippen LogP contribution is 2.17. The largest absolute Gasteiger partial charge is 0.353 e. The summed E-state index contributed by atoms with van der Waals surface area (Å²) in [5, 5.41) is 2.83. The van der Waals surface area contributed by atoms with Crippen LogP contribution in [-0.4, -0.2) is 47.0 Å². The second kappa shape index (κ2) is 8.51. The first-order chi connectivity index (χ1) is 13.7. The fraction of sp³-hybridized carbons (Fsp3) is 0.200. The highest BCUT2D eigenvalue weighted by atomic mass is 127. The number of pyridine rings is 1. The van der Waals surface area contributed by atoms with E-state index in [1.807, 2.05) is 36.5 Å². The summed E-state index contributed by atoms with van der Waals surface area (Å²) in [6.45, 7) is 3.38. The SMILES string of the molecule is O=C(Nc1cnc(N2CCN(c3ccccn3)CC2)nc1)c1ccc(I)cc1. The Kier molecular flexibility index (Phi) is 5.65. The lowest BCUT2D eigenvalue weighted by Crippen LogP contribution is -2.47. The van der Waals surface area contributed by atoms with Crippen LogP contribution in [0.4, 0.5) is 17.5 Å². The van der Waals surface area contributed by atoms with Gasteiger partial charge in [0, 0.05) is 41.5 Å². The molecular weight excluding hydrogens is 467 g/mol. The predicted octanol–water partition coefficient (Wildman–Crippen LogP) is 3.06. The molecule has 28 heavy (non-hydrogen) atoms. The zero-order valence-electron chi connectivity index (χ0n) is 15.1. The molecule has 142 valence electrons. The highest BCUT2D eigenvalue weighted by Gasteiger charge is 2.19. The number of benzene rings is 1. The van der Waals surface area contributed by atoms with Crippen LogP contribution in [0.1, 0.15) is 10.4 Å². The van der Waals surface area contributed by atoms with Crippen molar-refractivity contribution in [1.82, 2.24) is 15.0 Å². The number of anilines is 3. The molecule has 0 saturated carbocycles. The number of carbonyl (C=O) groups is 1. The maximum atomic E-state index is 12.3. The molecule has 1 aliphatic rings. The number of aromatic nitrogens is 3. The first-order valence-electron chi connectivity index (χ1n) is 8.99. The summed E-state index contributed by atoms with van der Waals surface area (Å²) in [6.07, 6.45) is 5.12. The molecule has 1 amide bonds. The number of hydrogen-bond donors (Lipinski definition) is 1. The Morgan fingerprint density at radius 1 is 0.893 bits per heavy atom. The Morgan fingerprint density at radius 3 is 2.21 bits per heavy atom. The normalized spacial score (nSPS) is 14.0. The zero-order valence-corrected chi connectivity index (χ0v) is 17.3. The number of carbonyl (C=O) groups excluding carboxylic acids is 1. The van der Waals surface area contributed by atoms with Crippen LogP contribution in [0.15, 0.2) is 61.1 Å². The van der Waals surface area contributed by atoms with E-state index in [4.69, 9.17) is 0 Å². The van der Waals surface area contributed by atoms with Gasteiger partial charge in [0.2, 0.25) is 5.95 Å². The molecule has 1 fully saturated rings. The van der Waals surface area contributed by atoms with E-state index >= 15 is 0 Å². The van der Waals surface area contributed by atoms with Crippen molar-refractivity contribution in [3.63, 3.8) is 0 Å². The van der Waals surface area contributed by atoms with E-state index in [1.165, 1.54) is 0 Å². The molecule has 8 heteroatoms. The molecule has 1 N–H and O–H groups in total. The molecule has 3 aromatic rings. The number of hydrogen-bond acceptors (Lipinski definition) is 6. The molecule has 0 unspecified atom stereocenters. The van der Waals surface area contributed by atoms with Crippen molar-refractivity contribution < 1.29 is 4.79 Å². The second-order valence-electron chi connectivity index (χ2n) is 6.39. The summed E-state index contributed by atoms with van der Waals surface area (Å²) in [7, 11) is 0. The van der Waals surface area contributed by atoms with Gasteiger partial charge in [0.1, 0.15) is 5.82 Å². The van der Waals surface area contributed by atoms with E-state index in [0.717, 1.165) is 35.6 Å². The summed E-state index contributed by atoms with van der Waals surface area (Å²) in [5.41, 5.74) is 1.19. The minimum atomic E-state index is -0.170. The molecule has 0 spiro atoms. The Balaban J connectivity index is 1.35. The van der Waals surface area contributed by atoms with E-state index in [-0.39, 0.29) is 5.91 Å². The Morgan fingerprint density at radius 2 is 1.57 bits per heavy atom. The second-order valence-corrected chi connectivity index (χ2v) is 7.64. The molecule has 3 heterocycles. The van der Waals surface area contributed by atoms with Gasteiger partial charge in [-0.15, -0.1) is 0 Å². The number of halogens is 1. The predicted molar refractivity (Wildman–Crippen MR) is 118 cm³/mol. The lowest BCUT2D eigenvalue weighted by atomic mass is 10.2. The molecule has 0 atom stereocenters. The summed E-state index contributed by atoms with van der Waals surface area (Å²) in [6, 6.07) is 13.4. The van der Waals surface area contributed by atoms with Crippen molar-refractivity contribution in [2.24, 2.45) is 0 Å². The van der Waals surface area contributed by atoms with Crippen LogP contribution < -0.4 is 15.1 Å². The third-order valence-electron chi connectivity index (χ3n) is 4.54. The van der Waals surface area contributed by atoms with Crippen LogP contribution in [0.3, 0.4) is 0 Å².